The van der Waals surface area contributed by atoms with E-state index in [1.54, 1.807) is 20.0 Å². The van der Waals surface area contributed by atoms with Gasteiger partial charge in [-0.3, -0.25) is 9.79 Å². The van der Waals surface area contributed by atoms with E-state index in [0.29, 0.717) is 31.0 Å². The molecule has 0 bridgehead atoms. The van der Waals surface area contributed by atoms with Crippen molar-refractivity contribution < 1.29 is 9.18 Å². The van der Waals surface area contributed by atoms with E-state index in [2.05, 4.69) is 20.9 Å². The van der Waals surface area contributed by atoms with Crippen LogP contribution in [0.3, 0.4) is 0 Å². The van der Waals surface area contributed by atoms with Gasteiger partial charge in [-0.2, -0.15) is 0 Å². The number of amides is 1. The minimum atomic E-state index is -0.203. The molecule has 0 fully saturated rings. The van der Waals surface area contributed by atoms with Gasteiger partial charge in [0.15, 0.2) is 5.96 Å². The highest BCUT2D eigenvalue weighted by atomic mass is 127. The minimum Gasteiger partial charge on any atom is -0.356 e. The van der Waals surface area contributed by atoms with Gasteiger partial charge in [-0.15, -0.1) is 24.0 Å². The number of nitrogens with zero attached hydrogens (tertiary/aromatic N) is 1. The van der Waals surface area contributed by atoms with E-state index in [-0.39, 0.29) is 41.6 Å². The average Bonchev–Trinajstić information content (AvgIpc) is 2.64. The van der Waals surface area contributed by atoms with Gasteiger partial charge in [0.2, 0.25) is 5.91 Å². The van der Waals surface area contributed by atoms with Gasteiger partial charge in [0, 0.05) is 38.2 Å². The van der Waals surface area contributed by atoms with Crippen LogP contribution in [0, 0.1) is 12.7 Å². The third-order valence-corrected chi connectivity index (χ3v) is 4.53. The summed E-state index contributed by atoms with van der Waals surface area (Å²) in [5.41, 5.74) is 3.61. The van der Waals surface area contributed by atoms with E-state index >= 15 is 0 Å². The van der Waals surface area contributed by atoms with Crippen molar-refractivity contribution in [3.63, 3.8) is 0 Å². The van der Waals surface area contributed by atoms with Gasteiger partial charge in [-0.05, 0) is 35.7 Å². The number of aryl methyl sites for hydroxylation is 1. The molecule has 2 aromatic rings. The van der Waals surface area contributed by atoms with Crippen molar-refractivity contribution in [2.24, 2.45) is 4.99 Å². The molecule has 5 nitrogen and oxygen atoms in total. The molecule has 0 aromatic heterocycles. The number of benzene rings is 2. The van der Waals surface area contributed by atoms with Crippen LogP contribution in [0.15, 0.2) is 47.5 Å². The van der Waals surface area contributed by atoms with Gasteiger partial charge < -0.3 is 16.0 Å². The number of hydrogen-bond donors (Lipinski definition) is 3. The lowest BCUT2D eigenvalue weighted by atomic mass is 9.90. The number of rotatable bonds is 4. The van der Waals surface area contributed by atoms with Crippen LogP contribution in [0.1, 0.15) is 29.0 Å². The third-order valence-electron chi connectivity index (χ3n) is 4.53. The van der Waals surface area contributed by atoms with Gasteiger partial charge in [0.25, 0.3) is 0 Å². The quantitative estimate of drug-likeness (QED) is 0.355. The van der Waals surface area contributed by atoms with E-state index in [9.17, 15) is 9.18 Å². The van der Waals surface area contributed by atoms with Crippen LogP contribution < -0.4 is 16.0 Å². The lowest BCUT2D eigenvalue weighted by Gasteiger charge is -2.26. The number of carbonyl (C=O) groups excluding carboxylic acids is 1. The first kappa shape index (κ1) is 21.1. The molecule has 1 amide bonds. The molecular weight excluding hydrogens is 458 g/mol. The van der Waals surface area contributed by atoms with E-state index < -0.39 is 0 Å². The Morgan fingerprint density at radius 3 is 2.78 bits per heavy atom. The number of hydrogen-bond acceptors (Lipinski definition) is 2. The van der Waals surface area contributed by atoms with Crippen LogP contribution in [-0.4, -0.2) is 25.5 Å². The molecule has 1 aliphatic rings. The Kier molecular flexibility index (Phi) is 7.58. The number of carbonyl (C=O) groups is 1. The minimum absolute atomic E-state index is 0. The van der Waals surface area contributed by atoms with Crippen molar-refractivity contribution in [1.82, 2.24) is 10.6 Å². The molecule has 3 rings (SSSR count). The SMILES string of the molecule is CN=C(NCc1ccc(F)c(C)c1)NCC1CC(=O)Nc2ccccc21.I. The largest absolute Gasteiger partial charge is 0.356 e. The van der Waals surface area contributed by atoms with E-state index in [1.807, 2.05) is 30.3 Å². The van der Waals surface area contributed by atoms with Crippen molar-refractivity contribution in [3.05, 3.63) is 65.0 Å². The van der Waals surface area contributed by atoms with E-state index in [0.717, 1.165) is 16.8 Å². The predicted molar refractivity (Wildman–Crippen MR) is 117 cm³/mol. The third kappa shape index (κ3) is 5.41. The summed E-state index contributed by atoms with van der Waals surface area (Å²) in [6, 6.07) is 12.9. The second kappa shape index (κ2) is 9.68. The van der Waals surface area contributed by atoms with Crippen LogP contribution in [0.2, 0.25) is 0 Å². The van der Waals surface area contributed by atoms with Crippen molar-refractivity contribution in [2.75, 3.05) is 18.9 Å². The predicted octanol–water partition coefficient (Wildman–Crippen LogP) is 3.54. The standard InChI is InChI=1S/C20H23FN4O.HI/c1-13-9-14(7-8-17(13)21)11-23-20(22-2)24-12-15-10-19(26)25-18-6-4-3-5-16(15)18;/h3-9,15H,10-12H2,1-2H3,(H,25,26)(H2,22,23,24);1H. The summed E-state index contributed by atoms with van der Waals surface area (Å²) < 4.78 is 13.4. The Bertz CT molecular complexity index is 840. The summed E-state index contributed by atoms with van der Waals surface area (Å²) in [7, 11) is 1.70. The Morgan fingerprint density at radius 2 is 2.04 bits per heavy atom. The zero-order chi connectivity index (χ0) is 18.5. The van der Waals surface area contributed by atoms with Crippen LogP contribution in [0.25, 0.3) is 0 Å². The number of halogens is 2. The second-order valence-electron chi connectivity index (χ2n) is 6.43. The lowest BCUT2D eigenvalue weighted by Crippen LogP contribution is -2.40. The van der Waals surface area contributed by atoms with Crippen LogP contribution in [0.5, 0.6) is 0 Å². The van der Waals surface area contributed by atoms with Gasteiger partial charge in [-0.25, -0.2) is 4.39 Å². The number of aliphatic imine (C=N–C) groups is 1. The molecule has 0 saturated carbocycles. The summed E-state index contributed by atoms with van der Waals surface area (Å²) in [5, 5.41) is 9.41. The highest BCUT2D eigenvalue weighted by molar-refractivity contribution is 14.0. The molecule has 2 aromatic carbocycles. The summed E-state index contributed by atoms with van der Waals surface area (Å²) in [4.78, 5) is 16.1. The Hall–Kier alpha value is -2.16. The van der Waals surface area contributed by atoms with Crippen LogP contribution in [0.4, 0.5) is 10.1 Å². The van der Waals surface area contributed by atoms with Crippen molar-refractivity contribution in [1.29, 1.82) is 0 Å². The summed E-state index contributed by atoms with van der Waals surface area (Å²) in [6.07, 6.45) is 0.443. The van der Waals surface area contributed by atoms with Crippen molar-refractivity contribution in [3.8, 4) is 0 Å². The number of guanidine groups is 1. The monoisotopic (exact) mass is 482 g/mol. The summed E-state index contributed by atoms with van der Waals surface area (Å²) in [6.45, 7) is 2.90. The number of nitrogens with one attached hydrogen (secondary N) is 3. The maximum Gasteiger partial charge on any atom is 0.225 e. The van der Waals surface area contributed by atoms with Gasteiger partial charge in [0.1, 0.15) is 5.82 Å². The fraction of sp³-hybridized carbons (Fsp3) is 0.300. The van der Waals surface area contributed by atoms with Crippen molar-refractivity contribution in [2.45, 2.75) is 25.8 Å². The van der Waals surface area contributed by atoms with E-state index in [1.165, 1.54) is 6.07 Å². The van der Waals surface area contributed by atoms with Crippen molar-refractivity contribution >= 4 is 41.5 Å². The molecule has 144 valence electrons. The maximum absolute atomic E-state index is 13.4. The average molecular weight is 482 g/mol. The summed E-state index contributed by atoms with van der Waals surface area (Å²) >= 11 is 0. The zero-order valence-corrected chi connectivity index (χ0v) is 17.7. The van der Waals surface area contributed by atoms with E-state index in [4.69, 9.17) is 0 Å². The lowest BCUT2D eigenvalue weighted by molar-refractivity contribution is -0.116. The molecule has 0 spiro atoms. The molecule has 7 heteroatoms. The van der Waals surface area contributed by atoms with Gasteiger partial charge >= 0.3 is 0 Å². The van der Waals surface area contributed by atoms with Crippen LogP contribution in [-0.2, 0) is 11.3 Å². The molecule has 1 heterocycles. The normalized spacial score (nSPS) is 16.0. The van der Waals surface area contributed by atoms with Gasteiger partial charge in [-0.1, -0.05) is 30.3 Å². The Labute approximate surface area is 175 Å². The molecule has 1 unspecified atom stereocenters. The van der Waals surface area contributed by atoms with Gasteiger partial charge in [0.05, 0.1) is 0 Å². The molecule has 0 radical (unpaired) electrons. The number of para-hydroxylation sites is 1. The molecule has 27 heavy (non-hydrogen) atoms. The zero-order valence-electron chi connectivity index (χ0n) is 15.4. The number of fused-ring (bicyclic) bond motifs is 1. The second-order valence-corrected chi connectivity index (χ2v) is 6.43. The molecular formula is C20H24FIN4O. The first-order valence-corrected chi connectivity index (χ1v) is 8.65. The number of anilines is 1. The Balaban J connectivity index is 0.00000261. The molecule has 0 aliphatic carbocycles. The molecule has 1 atom stereocenters. The maximum atomic E-state index is 13.4. The van der Waals surface area contributed by atoms with Crippen LogP contribution >= 0.6 is 24.0 Å². The molecule has 0 saturated heterocycles. The first-order valence-electron chi connectivity index (χ1n) is 8.65. The first-order chi connectivity index (χ1) is 12.6. The smallest absolute Gasteiger partial charge is 0.225 e. The molecule has 3 N–H and O–H groups in total. The highest BCUT2D eigenvalue weighted by Gasteiger charge is 2.24. The molecule has 1 aliphatic heterocycles. The fourth-order valence-corrected chi connectivity index (χ4v) is 3.13. The Morgan fingerprint density at radius 1 is 1.26 bits per heavy atom. The fourth-order valence-electron chi connectivity index (χ4n) is 3.13. The summed E-state index contributed by atoms with van der Waals surface area (Å²) in [5.74, 6) is 0.563. The highest BCUT2D eigenvalue weighted by Crippen LogP contribution is 2.31. The topological polar surface area (TPSA) is 65.5 Å².